The fraction of sp³-hybridized carbons (Fsp3) is 0.900. The highest BCUT2D eigenvalue weighted by Crippen LogP contribution is 1.98. The SMILES string of the molecule is CCCCNC(C)CN1CCNC1=O. The Hall–Kier alpha value is -0.770. The zero-order valence-corrected chi connectivity index (χ0v) is 9.18. The lowest BCUT2D eigenvalue weighted by Crippen LogP contribution is -2.41. The number of hydrogen-bond donors (Lipinski definition) is 2. The van der Waals surface area contributed by atoms with Crippen LogP contribution in [0.1, 0.15) is 26.7 Å². The molecule has 1 aliphatic heterocycles. The van der Waals surface area contributed by atoms with E-state index in [9.17, 15) is 4.79 Å². The van der Waals surface area contributed by atoms with Crippen molar-refractivity contribution in [1.82, 2.24) is 15.5 Å². The minimum atomic E-state index is 0.0779. The van der Waals surface area contributed by atoms with Crippen LogP contribution in [0.2, 0.25) is 0 Å². The van der Waals surface area contributed by atoms with Crippen LogP contribution in [-0.2, 0) is 0 Å². The summed E-state index contributed by atoms with van der Waals surface area (Å²) in [5.74, 6) is 0. The van der Waals surface area contributed by atoms with Crippen LogP contribution >= 0.6 is 0 Å². The molecule has 0 aromatic rings. The lowest BCUT2D eigenvalue weighted by Gasteiger charge is -2.20. The molecule has 0 aromatic heterocycles. The second kappa shape index (κ2) is 5.86. The Balaban J connectivity index is 2.12. The molecule has 0 radical (unpaired) electrons. The highest BCUT2D eigenvalue weighted by molar-refractivity contribution is 5.76. The van der Waals surface area contributed by atoms with Gasteiger partial charge >= 0.3 is 6.03 Å². The first-order chi connectivity index (χ1) is 6.74. The van der Waals surface area contributed by atoms with Crippen LogP contribution in [0.15, 0.2) is 0 Å². The van der Waals surface area contributed by atoms with Crippen LogP contribution in [-0.4, -0.2) is 43.2 Å². The van der Waals surface area contributed by atoms with E-state index in [0.717, 1.165) is 26.2 Å². The largest absolute Gasteiger partial charge is 0.336 e. The molecule has 1 unspecified atom stereocenters. The number of unbranched alkanes of at least 4 members (excludes halogenated alkanes) is 1. The van der Waals surface area contributed by atoms with E-state index >= 15 is 0 Å². The number of hydrogen-bond acceptors (Lipinski definition) is 2. The van der Waals surface area contributed by atoms with Gasteiger partial charge in [0.1, 0.15) is 0 Å². The van der Waals surface area contributed by atoms with Crippen LogP contribution in [0.3, 0.4) is 0 Å². The van der Waals surface area contributed by atoms with E-state index in [2.05, 4.69) is 24.5 Å². The quantitative estimate of drug-likeness (QED) is 0.621. The maximum Gasteiger partial charge on any atom is 0.317 e. The summed E-state index contributed by atoms with van der Waals surface area (Å²) in [4.78, 5) is 13.1. The first-order valence-electron chi connectivity index (χ1n) is 5.50. The van der Waals surface area contributed by atoms with Gasteiger partial charge in [-0.3, -0.25) is 0 Å². The summed E-state index contributed by atoms with van der Waals surface area (Å²) in [6.07, 6.45) is 2.42. The Morgan fingerprint density at radius 1 is 1.64 bits per heavy atom. The molecule has 2 amide bonds. The normalized spacial score (nSPS) is 18.4. The van der Waals surface area contributed by atoms with Gasteiger partial charge in [-0.25, -0.2) is 4.79 Å². The molecule has 1 saturated heterocycles. The number of nitrogens with zero attached hydrogens (tertiary/aromatic N) is 1. The standard InChI is InChI=1S/C10H21N3O/c1-3-4-5-11-9(2)8-13-7-6-12-10(13)14/h9,11H,3-8H2,1-2H3,(H,12,14). The smallest absolute Gasteiger partial charge is 0.317 e. The summed E-state index contributed by atoms with van der Waals surface area (Å²) in [5, 5.41) is 6.21. The highest BCUT2D eigenvalue weighted by Gasteiger charge is 2.20. The Kier molecular flexibility index (Phi) is 4.73. The molecule has 0 bridgehead atoms. The average molecular weight is 199 g/mol. The van der Waals surface area contributed by atoms with Crippen molar-refractivity contribution in [2.24, 2.45) is 0 Å². The van der Waals surface area contributed by atoms with Crippen molar-refractivity contribution in [3.05, 3.63) is 0 Å². The number of carbonyl (C=O) groups is 1. The van der Waals surface area contributed by atoms with E-state index in [-0.39, 0.29) is 6.03 Å². The fourth-order valence-electron chi connectivity index (χ4n) is 1.61. The van der Waals surface area contributed by atoms with Gasteiger partial charge in [0.2, 0.25) is 0 Å². The summed E-state index contributed by atoms with van der Waals surface area (Å²) < 4.78 is 0. The highest BCUT2D eigenvalue weighted by atomic mass is 16.2. The average Bonchev–Trinajstić information content (AvgIpc) is 2.52. The van der Waals surface area contributed by atoms with Crippen LogP contribution in [0.25, 0.3) is 0 Å². The predicted molar refractivity (Wildman–Crippen MR) is 57.3 cm³/mol. The zero-order chi connectivity index (χ0) is 10.4. The van der Waals surface area contributed by atoms with Gasteiger partial charge < -0.3 is 15.5 Å². The van der Waals surface area contributed by atoms with Crippen LogP contribution in [0.5, 0.6) is 0 Å². The number of rotatable bonds is 6. The summed E-state index contributed by atoms with van der Waals surface area (Å²) in [6.45, 7) is 7.81. The van der Waals surface area contributed by atoms with E-state index in [0.29, 0.717) is 6.04 Å². The maximum atomic E-state index is 11.2. The Bertz CT molecular complexity index is 184. The molecule has 1 rings (SSSR count). The number of nitrogens with one attached hydrogen (secondary N) is 2. The van der Waals surface area contributed by atoms with Crippen molar-refractivity contribution in [3.63, 3.8) is 0 Å². The lowest BCUT2D eigenvalue weighted by molar-refractivity contribution is 0.212. The van der Waals surface area contributed by atoms with Crippen molar-refractivity contribution in [2.45, 2.75) is 32.7 Å². The van der Waals surface area contributed by atoms with Crippen LogP contribution in [0.4, 0.5) is 4.79 Å². The minimum absolute atomic E-state index is 0.0779. The third-order valence-electron chi connectivity index (χ3n) is 2.46. The van der Waals surface area contributed by atoms with Gasteiger partial charge in [0.15, 0.2) is 0 Å². The molecular formula is C10H21N3O. The number of carbonyl (C=O) groups excluding carboxylic acids is 1. The van der Waals surface area contributed by atoms with E-state index < -0.39 is 0 Å². The van der Waals surface area contributed by atoms with Gasteiger partial charge in [-0.15, -0.1) is 0 Å². The molecule has 4 heteroatoms. The maximum absolute atomic E-state index is 11.2. The van der Waals surface area contributed by atoms with Crippen molar-refractivity contribution in [1.29, 1.82) is 0 Å². The topological polar surface area (TPSA) is 44.4 Å². The van der Waals surface area contributed by atoms with Gasteiger partial charge in [0.25, 0.3) is 0 Å². The molecule has 82 valence electrons. The van der Waals surface area contributed by atoms with E-state index in [1.54, 1.807) is 0 Å². The molecule has 2 N–H and O–H groups in total. The summed E-state index contributed by atoms with van der Waals surface area (Å²) in [7, 11) is 0. The van der Waals surface area contributed by atoms with Gasteiger partial charge in [-0.05, 0) is 19.9 Å². The summed E-state index contributed by atoms with van der Waals surface area (Å²) in [5.41, 5.74) is 0. The molecule has 1 heterocycles. The second-order valence-electron chi connectivity index (χ2n) is 3.89. The molecular weight excluding hydrogens is 178 g/mol. The Morgan fingerprint density at radius 2 is 2.43 bits per heavy atom. The van der Waals surface area contributed by atoms with E-state index in [4.69, 9.17) is 0 Å². The fourth-order valence-corrected chi connectivity index (χ4v) is 1.61. The van der Waals surface area contributed by atoms with Gasteiger partial charge in [0, 0.05) is 25.7 Å². The molecule has 14 heavy (non-hydrogen) atoms. The predicted octanol–water partition coefficient (Wildman–Crippen LogP) is 0.790. The summed E-state index contributed by atoms with van der Waals surface area (Å²) in [6, 6.07) is 0.472. The third-order valence-corrected chi connectivity index (χ3v) is 2.46. The Morgan fingerprint density at radius 3 is 3.00 bits per heavy atom. The Labute approximate surface area is 86.0 Å². The molecule has 0 aliphatic carbocycles. The third kappa shape index (κ3) is 3.54. The monoisotopic (exact) mass is 199 g/mol. The van der Waals surface area contributed by atoms with Crippen LogP contribution < -0.4 is 10.6 Å². The molecule has 0 aromatic carbocycles. The van der Waals surface area contributed by atoms with Crippen molar-refractivity contribution in [3.8, 4) is 0 Å². The van der Waals surface area contributed by atoms with Gasteiger partial charge in [-0.1, -0.05) is 13.3 Å². The minimum Gasteiger partial charge on any atom is -0.336 e. The van der Waals surface area contributed by atoms with Crippen LogP contribution in [0, 0.1) is 0 Å². The number of amides is 2. The first-order valence-corrected chi connectivity index (χ1v) is 5.50. The second-order valence-corrected chi connectivity index (χ2v) is 3.89. The molecule has 1 aliphatic rings. The molecule has 0 saturated carbocycles. The van der Waals surface area contributed by atoms with E-state index in [1.165, 1.54) is 12.8 Å². The van der Waals surface area contributed by atoms with Crippen molar-refractivity contribution in [2.75, 3.05) is 26.2 Å². The van der Waals surface area contributed by atoms with E-state index in [1.807, 2.05) is 4.90 Å². The molecule has 0 spiro atoms. The van der Waals surface area contributed by atoms with Crippen molar-refractivity contribution < 1.29 is 4.79 Å². The zero-order valence-electron chi connectivity index (χ0n) is 9.18. The van der Waals surface area contributed by atoms with Gasteiger partial charge in [0.05, 0.1) is 0 Å². The molecule has 1 atom stereocenters. The lowest BCUT2D eigenvalue weighted by atomic mass is 10.3. The molecule has 1 fully saturated rings. The van der Waals surface area contributed by atoms with Crippen molar-refractivity contribution >= 4 is 6.03 Å². The van der Waals surface area contributed by atoms with Gasteiger partial charge in [-0.2, -0.15) is 0 Å². The number of urea groups is 1. The first kappa shape index (κ1) is 11.3. The molecule has 4 nitrogen and oxygen atoms in total. The summed E-state index contributed by atoms with van der Waals surface area (Å²) >= 11 is 0.